The van der Waals surface area contributed by atoms with Gasteiger partial charge in [-0.3, -0.25) is 4.79 Å². The topological polar surface area (TPSA) is 17.1 Å². The third-order valence-corrected chi connectivity index (χ3v) is 5.17. The quantitative estimate of drug-likeness (QED) is 0.150. The fourth-order valence-corrected chi connectivity index (χ4v) is 3.43. The summed E-state index contributed by atoms with van der Waals surface area (Å²) < 4.78 is 0. The predicted octanol–water partition coefficient (Wildman–Crippen LogP) is 8.56. The molecule has 0 aliphatic rings. The van der Waals surface area contributed by atoms with Crippen molar-refractivity contribution in [2.45, 2.75) is 135 Å². The van der Waals surface area contributed by atoms with Crippen LogP contribution < -0.4 is 0 Å². The van der Waals surface area contributed by atoms with Gasteiger partial charge in [0.2, 0.25) is 0 Å². The fraction of sp³-hybridized carbons (Fsp3) is 0.875. The van der Waals surface area contributed by atoms with E-state index in [2.05, 4.69) is 13.5 Å². The van der Waals surface area contributed by atoms with E-state index in [1.165, 1.54) is 96.3 Å². The second-order valence-corrected chi connectivity index (χ2v) is 7.77. The molecule has 0 saturated carbocycles. The Hall–Kier alpha value is -0.590. The van der Waals surface area contributed by atoms with Crippen LogP contribution in [0.25, 0.3) is 0 Å². The Kier molecular flexibility index (Phi) is 20.9. The largest absolute Gasteiger partial charge is 0.300 e. The molecule has 0 bridgehead atoms. The molecule has 0 amide bonds. The van der Waals surface area contributed by atoms with Gasteiger partial charge in [0.15, 0.2) is 0 Å². The molecule has 0 aromatic carbocycles. The number of unbranched alkanes of at least 4 members (excludes halogenated alkanes) is 16. The molecule has 0 N–H and O–H groups in total. The normalized spacial score (nSPS) is 10.9. The van der Waals surface area contributed by atoms with E-state index in [-0.39, 0.29) is 0 Å². The van der Waals surface area contributed by atoms with E-state index < -0.39 is 0 Å². The molecule has 0 unspecified atom stereocenters. The Balaban J connectivity index is 3.14. The van der Waals surface area contributed by atoms with E-state index >= 15 is 0 Å². The molecule has 1 nitrogen and oxygen atoms in total. The Bertz CT molecular complexity index is 282. The van der Waals surface area contributed by atoms with Crippen molar-refractivity contribution < 1.29 is 4.79 Å². The van der Waals surface area contributed by atoms with Gasteiger partial charge in [0.05, 0.1) is 0 Å². The second-order valence-electron chi connectivity index (χ2n) is 7.77. The lowest BCUT2D eigenvalue weighted by atomic mass is 10.0. The Morgan fingerprint density at radius 2 is 0.960 bits per heavy atom. The first-order chi connectivity index (χ1) is 12.3. The van der Waals surface area contributed by atoms with Gasteiger partial charge in [-0.2, -0.15) is 0 Å². The first-order valence-electron chi connectivity index (χ1n) is 11.4. The van der Waals surface area contributed by atoms with Gasteiger partial charge in [-0.25, -0.2) is 0 Å². The van der Waals surface area contributed by atoms with Gasteiger partial charge in [0, 0.05) is 12.8 Å². The average molecular weight is 351 g/mol. The van der Waals surface area contributed by atoms with Crippen LogP contribution in [-0.4, -0.2) is 5.78 Å². The minimum absolute atomic E-state index is 0.505. The summed E-state index contributed by atoms with van der Waals surface area (Å²) in [6, 6.07) is 0. The number of rotatable bonds is 21. The molecule has 0 radical (unpaired) electrons. The highest BCUT2D eigenvalue weighted by molar-refractivity contribution is 5.78. The van der Waals surface area contributed by atoms with E-state index in [1.54, 1.807) is 0 Å². The van der Waals surface area contributed by atoms with Gasteiger partial charge in [0.1, 0.15) is 5.78 Å². The van der Waals surface area contributed by atoms with Crippen molar-refractivity contribution in [2.24, 2.45) is 0 Å². The van der Waals surface area contributed by atoms with Crippen molar-refractivity contribution in [3.05, 3.63) is 12.7 Å². The van der Waals surface area contributed by atoms with E-state index in [9.17, 15) is 4.79 Å². The van der Waals surface area contributed by atoms with Crippen LogP contribution in [-0.2, 0) is 4.79 Å². The van der Waals surface area contributed by atoms with Crippen molar-refractivity contribution in [2.75, 3.05) is 0 Å². The maximum absolute atomic E-state index is 11.9. The molecule has 148 valence electrons. The van der Waals surface area contributed by atoms with Crippen LogP contribution in [0.3, 0.4) is 0 Å². The van der Waals surface area contributed by atoms with Crippen LogP contribution >= 0.6 is 0 Å². The third-order valence-electron chi connectivity index (χ3n) is 5.17. The molecule has 0 rings (SSSR count). The lowest BCUT2D eigenvalue weighted by molar-refractivity contribution is -0.119. The van der Waals surface area contributed by atoms with Gasteiger partial charge in [0.25, 0.3) is 0 Å². The number of hydrogen-bond acceptors (Lipinski definition) is 1. The number of carbonyl (C=O) groups is 1. The zero-order valence-corrected chi connectivity index (χ0v) is 17.3. The van der Waals surface area contributed by atoms with Crippen LogP contribution in [0.5, 0.6) is 0 Å². The van der Waals surface area contributed by atoms with Crippen molar-refractivity contribution in [3.63, 3.8) is 0 Å². The lowest BCUT2D eigenvalue weighted by Crippen LogP contribution is -1.97. The summed E-state index contributed by atoms with van der Waals surface area (Å²) in [7, 11) is 0. The predicted molar refractivity (Wildman–Crippen MR) is 113 cm³/mol. The van der Waals surface area contributed by atoms with E-state index in [1.807, 2.05) is 6.08 Å². The zero-order chi connectivity index (χ0) is 18.4. The summed E-state index contributed by atoms with van der Waals surface area (Å²) in [4.78, 5) is 11.9. The molecule has 0 aliphatic carbocycles. The van der Waals surface area contributed by atoms with E-state index in [4.69, 9.17) is 0 Å². The minimum Gasteiger partial charge on any atom is -0.300 e. The van der Waals surface area contributed by atoms with Gasteiger partial charge in [-0.15, -0.1) is 6.58 Å². The van der Waals surface area contributed by atoms with Crippen LogP contribution in [0.2, 0.25) is 0 Å². The molecule has 1 heteroatoms. The monoisotopic (exact) mass is 350 g/mol. The second kappa shape index (κ2) is 21.5. The summed E-state index contributed by atoms with van der Waals surface area (Å²) in [6.07, 6.45) is 27.3. The average Bonchev–Trinajstić information content (AvgIpc) is 2.62. The number of Topliss-reactive ketones (excluding diaryl/α,β-unsaturated/α-hetero) is 1. The van der Waals surface area contributed by atoms with Crippen molar-refractivity contribution >= 4 is 5.78 Å². The SMILES string of the molecule is C=CCCCCCCCCCC(=O)CCCCCCCCCCCC. The minimum atomic E-state index is 0.505. The van der Waals surface area contributed by atoms with Gasteiger partial charge in [-0.1, -0.05) is 103 Å². The molecule has 0 aliphatic heterocycles. The lowest BCUT2D eigenvalue weighted by Gasteiger charge is -2.03. The molecule has 0 spiro atoms. The van der Waals surface area contributed by atoms with E-state index in [0.717, 1.165) is 32.1 Å². The van der Waals surface area contributed by atoms with Crippen molar-refractivity contribution in [3.8, 4) is 0 Å². The molecule has 0 aromatic heterocycles. The highest BCUT2D eigenvalue weighted by Gasteiger charge is 2.02. The molecular formula is C24H46O. The van der Waals surface area contributed by atoms with Crippen LogP contribution in [0.4, 0.5) is 0 Å². The Labute approximate surface area is 159 Å². The van der Waals surface area contributed by atoms with Gasteiger partial charge in [-0.05, 0) is 25.7 Å². The zero-order valence-electron chi connectivity index (χ0n) is 17.3. The van der Waals surface area contributed by atoms with E-state index in [0.29, 0.717) is 5.78 Å². The number of allylic oxidation sites excluding steroid dienone is 1. The van der Waals surface area contributed by atoms with Crippen LogP contribution in [0.15, 0.2) is 12.7 Å². The number of carbonyl (C=O) groups excluding carboxylic acids is 1. The third kappa shape index (κ3) is 21.4. The Morgan fingerprint density at radius 3 is 1.36 bits per heavy atom. The van der Waals surface area contributed by atoms with Crippen molar-refractivity contribution in [1.82, 2.24) is 0 Å². The van der Waals surface area contributed by atoms with Crippen molar-refractivity contribution in [1.29, 1.82) is 0 Å². The van der Waals surface area contributed by atoms with Crippen LogP contribution in [0, 0.1) is 0 Å². The highest BCUT2D eigenvalue weighted by Crippen LogP contribution is 2.13. The van der Waals surface area contributed by atoms with Crippen LogP contribution in [0.1, 0.15) is 135 Å². The fourth-order valence-electron chi connectivity index (χ4n) is 3.43. The summed E-state index contributed by atoms with van der Waals surface area (Å²) in [5.41, 5.74) is 0. The standard InChI is InChI=1S/C24H46O/c1-3-5-7-9-11-13-15-17-19-21-23-24(25)22-20-18-16-14-12-10-8-6-4-2/h4H,2-3,5-23H2,1H3. The first-order valence-corrected chi connectivity index (χ1v) is 11.4. The highest BCUT2D eigenvalue weighted by atomic mass is 16.1. The number of ketones is 1. The summed E-state index contributed by atoms with van der Waals surface area (Å²) in [6.45, 7) is 6.03. The number of hydrogen-bond donors (Lipinski definition) is 0. The Morgan fingerprint density at radius 1 is 0.600 bits per heavy atom. The summed E-state index contributed by atoms with van der Waals surface area (Å²) >= 11 is 0. The first kappa shape index (κ1) is 24.4. The molecule has 0 aromatic rings. The van der Waals surface area contributed by atoms with Gasteiger partial charge >= 0.3 is 0 Å². The molecule has 0 heterocycles. The maximum Gasteiger partial charge on any atom is 0.132 e. The summed E-state index contributed by atoms with van der Waals surface area (Å²) in [5, 5.41) is 0. The molecule has 0 saturated heterocycles. The van der Waals surface area contributed by atoms with Gasteiger partial charge < -0.3 is 0 Å². The maximum atomic E-state index is 11.9. The summed E-state index contributed by atoms with van der Waals surface area (Å²) in [5.74, 6) is 0.505. The molecule has 0 atom stereocenters. The molecular weight excluding hydrogens is 304 g/mol. The molecule has 25 heavy (non-hydrogen) atoms. The smallest absolute Gasteiger partial charge is 0.132 e. The molecule has 0 fully saturated rings.